The first-order chi connectivity index (χ1) is 9.63. The SMILES string of the molecule is Clc1ccc(OCc2nc(Cl)c3ccsc3n2)c(Br)c1. The lowest BCUT2D eigenvalue weighted by molar-refractivity contribution is 0.294. The number of halogens is 3. The van der Waals surface area contributed by atoms with Gasteiger partial charge in [-0.2, -0.15) is 0 Å². The molecule has 7 heteroatoms. The van der Waals surface area contributed by atoms with E-state index in [-0.39, 0.29) is 6.61 Å². The van der Waals surface area contributed by atoms with Crippen LogP contribution in [-0.4, -0.2) is 9.97 Å². The first-order valence-electron chi connectivity index (χ1n) is 5.61. The van der Waals surface area contributed by atoms with E-state index >= 15 is 0 Å². The van der Waals surface area contributed by atoms with E-state index in [4.69, 9.17) is 27.9 Å². The maximum Gasteiger partial charge on any atom is 0.169 e. The number of aromatic nitrogens is 2. The Labute approximate surface area is 137 Å². The summed E-state index contributed by atoms with van der Waals surface area (Å²) in [5.74, 6) is 1.23. The summed E-state index contributed by atoms with van der Waals surface area (Å²) in [5, 5.41) is 3.90. The summed E-state index contributed by atoms with van der Waals surface area (Å²) in [6.45, 7) is 0.244. The molecule has 0 radical (unpaired) electrons. The zero-order valence-corrected chi connectivity index (χ0v) is 13.9. The quantitative estimate of drug-likeness (QED) is 0.567. The second-order valence-electron chi connectivity index (χ2n) is 3.93. The normalized spacial score (nSPS) is 10.9. The maximum atomic E-state index is 6.11. The van der Waals surface area contributed by atoms with E-state index in [2.05, 4.69) is 25.9 Å². The van der Waals surface area contributed by atoms with Crippen LogP contribution >= 0.6 is 50.5 Å². The Morgan fingerprint density at radius 2 is 2.05 bits per heavy atom. The molecule has 0 saturated carbocycles. The molecule has 2 aromatic heterocycles. The minimum Gasteiger partial charge on any atom is -0.484 e. The molecule has 0 aliphatic heterocycles. The van der Waals surface area contributed by atoms with Crippen molar-refractivity contribution in [2.24, 2.45) is 0 Å². The van der Waals surface area contributed by atoms with Gasteiger partial charge in [-0.1, -0.05) is 23.2 Å². The second kappa shape index (κ2) is 5.85. The van der Waals surface area contributed by atoms with E-state index in [9.17, 15) is 0 Å². The van der Waals surface area contributed by atoms with Crippen LogP contribution in [0.4, 0.5) is 0 Å². The minimum atomic E-state index is 0.244. The van der Waals surface area contributed by atoms with Gasteiger partial charge < -0.3 is 4.74 Å². The molecule has 3 aromatic rings. The Morgan fingerprint density at radius 1 is 1.20 bits per heavy atom. The number of rotatable bonds is 3. The molecule has 3 rings (SSSR count). The molecule has 0 aliphatic carbocycles. The summed E-state index contributed by atoms with van der Waals surface area (Å²) in [5.41, 5.74) is 0. The first kappa shape index (κ1) is 14.1. The highest BCUT2D eigenvalue weighted by atomic mass is 79.9. The molecule has 20 heavy (non-hydrogen) atoms. The predicted octanol–water partition coefficient (Wildman–Crippen LogP) is 5.34. The van der Waals surface area contributed by atoms with Crippen LogP contribution in [0.1, 0.15) is 5.82 Å². The molecule has 0 N–H and O–H groups in total. The van der Waals surface area contributed by atoms with Crippen molar-refractivity contribution in [3.05, 3.63) is 50.1 Å². The van der Waals surface area contributed by atoms with Gasteiger partial charge in [-0.05, 0) is 45.6 Å². The van der Waals surface area contributed by atoms with Crippen molar-refractivity contribution in [3.63, 3.8) is 0 Å². The average molecular weight is 390 g/mol. The van der Waals surface area contributed by atoms with Gasteiger partial charge in [-0.3, -0.25) is 0 Å². The van der Waals surface area contributed by atoms with Crippen LogP contribution < -0.4 is 4.74 Å². The van der Waals surface area contributed by atoms with Crippen LogP contribution in [0.3, 0.4) is 0 Å². The Kier molecular flexibility index (Phi) is 4.12. The summed E-state index contributed by atoms with van der Waals surface area (Å²) < 4.78 is 6.46. The third-order valence-corrected chi connectivity index (χ3v) is 4.53. The van der Waals surface area contributed by atoms with Crippen molar-refractivity contribution < 1.29 is 4.74 Å². The van der Waals surface area contributed by atoms with E-state index in [1.165, 1.54) is 11.3 Å². The summed E-state index contributed by atoms with van der Waals surface area (Å²) in [7, 11) is 0. The number of nitrogens with zero attached hydrogens (tertiary/aromatic N) is 2. The number of hydrogen-bond donors (Lipinski definition) is 0. The number of thiophene rings is 1. The molecular formula is C13H7BrCl2N2OS. The smallest absolute Gasteiger partial charge is 0.169 e. The van der Waals surface area contributed by atoms with Crippen LogP contribution in [-0.2, 0) is 6.61 Å². The van der Waals surface area contributed by atoms with Gasteiger partial charge in [0, 0.05) is 10.4 Å². The third-order valence-electron chi connectivity index (χ3n) is 2.58. The van der Waals surface area contributed by atoms with Gasteiger partial charge in [0.25, 0.3) is 0 Å². The average Bonchev–Trinajstić information content (AvgIpc) is 2.86. The Bertz CT molecular complexity index is 778. The van der Waals surface area contributed by atoms with E-state index in [0.29, 0.717) is 21.7 Å². The lowest BCUT2D eigenvalue weighted by Crippen LogP contribution is -2.02. The predicted molar refractivity (Wildman–Crippen MR) is 85.9 cm³/mol. The van der Waals surface area contributed by atoms with Crippen molar-refractivity contribution in [2.45, 2.75) is 6.61 Å². The highest BCUT2D eigenvalue weighted by Crippen LogP contribution is 2.29. The summed E-state index contributed by atoms with van der Waals surface area (Å²) in [6, 6.07) is 7.23. The number of benzene rings is 1. The fourth-order valence-electron chi connectivity index (χ4n) is 1.66. The fraction of sp³-hybridized carbons (Fsp3) is 0.0769. The molecule has 102 valence electrons. The van der Waals surface area contributed by atoms with Crippen molar-refractivity contribution in [2.75, 3.05) is 0 Å². The van der Waals surface area contributed by atoms with Crippen molar-refractivity contribution in [1.82, 2.24) is 9.97 Å². The monoisotopic (exact) mass is 388 g/mol. The molecule has 0 atom stereocenters. The molecule has 0 aliphatic rings. The number of ether oxygens (including phenoxy) is 1. The molecule has 2 heterocycles. The minimum absolute atomic E-state index is 0.244. The molecule has 0 saturated heterocycles. The molecule has 0 bridgehead atoms. The summed E-state index contributed by atoms with van der Waals surface area (Å²) in [4.78, 5) is 9.51. The Hall–Kier alpha value is -0.880. The van der Waals surface area contributed by atoms with Crippen LogP contribution in [0.15, 0.2) is 34.1 Å². The molecule has 0 spiro atoms. The van der Waals surface area contributed by atoms with Gasteiger partial charge in [-0.15, -0.1) is 11.3 Å². The summed E-state index contributed by atoms with van der Waals surface area (Å²) >= 11 is 16.9. The topological polar surface area (TPSA) is 35.0 Å². The maximum absolute atomic E-state index is 6.11. The van der Waals surface area contributed by atoms with E-state index in [0.717, 1.165) is 14.7 Å². The van der Waals surface area contributed by atoms with Crippen LogP contribution in [0, 0.1) is 0 Å². The third kappa shape index (κ3) is 2.91. The fourth-order valence-corrected chi connectivity index (χ4v) is 3.55. The lowest BCUT2D eigenvalue weighted by Gasteiger charge is -2.08. The lowest BCUT2D eigenvalue weighted by atomic mass is 10.3. The molecule has 1 aromatic carbocycles. The van der Waals surface area contributed by atoms with E-state index in [1.54, 1.807) is 18.2 Å². The van der Waals surface area contributed by atoms with Gasteiger partial charge in [-0.25, -0.2) is 9.97 Å². The van der Waals surface area contributed by atoms with Crippen LogP contribution in [0.2, 0.25) is 10.2 Å². The molecule has 0 fully saturated rings. The Balaban J connectivity index is 1.82. The van der Waals surface area contributed by atoms with Crippen molar-refractivity contribution >= 4 is 60.7 Å². The van der Waals surface area contributed by atoms with Gasteiger partial charge in [0.05, 0.1) is 4.47 Å². The van der Waals surface area contributed by atoms with Gasteiger partial charge in [0.15, 0.2) is 5.82 Å². The first-order valence-corrected chi connectivity index (χ1v) is 8.04. The van der Waals surface area contributed by atoms with Gasteiger partial charge >= 0.3 is 0 Å². The number of hydrogen-bond acceptors (Lipinski definition) is 4. The van der Waals surface area contributed by atoms with Crippen LogP contribution in [0.25, 0.3) is 10.2 Å². The van der Waals surface area contributed by atoms with Gasteiger partial charge in [0.1, 0.15) is 22.3 Å². The molecular weight excluding hydrogens is 383 g/mol. The molecule has 3 nitrogen and oxygen atoms in total. The van der Waals surface area contributed by atoms with E-state index in [1.807, 2.05) is 11.4 Å². The largest absolute Gasteiger partial charge is 0.484 e. The molecule has 0 amide bonds. The van der Waals surface area contributed by atoms with Gasteiger partial charge in [0.2, 0.25) is 0 Å². The highest BCUT2D eigenvalue weighted by Gasteiger charge is 2.09. The second-order valence-corrected chi connectivity index (χ2v) is 6.48. The molecule has 0 unspecified atom stereocenters. The zero-order valence-electron chi connectivity index (χ0n) is 9.94. The van der Waals surface area contributed by atoms with Crippen molar-refractivity contribution in [3.8, 4) is 5.75 Å². The standard InChI is InChI=1S/C13H7BrCl2N2OS/c14-9-5-7(15)1-2-10(9)19-6-11-17-12(16)8-3-4-20-13(8)18-11/h1-5H,6H2. The van der Waals surface area contributed by atoms with Crippen molar-refractivity contribution in [1.29, 1.82) is 0 Å². The Morgan fingerprint density at radius 3 is 2.85 bits per heavy atom. The van der Waals surface area contributed by atoms with Crippen LogP contribution in [0.5, 0.6) is 5.75 Å². The summed E-state index contributed by atoms with van der Waals surface area (Å²) in [6.07, 6.45) is 0. The highest BCUT2D eigenvalue weighted by molar-refractivity contribution is 9.10. The number of fused-ring (bicyclic) bond motifs is 1. The zero-order chi connectivity index (χ0) is 14.1. The van der Waals surface area contributed by atoms with E-state index < -0.39 is 0 Å².